The SMILES string of the molecule is CCc1cccc(C=NOCc2ccccc2)c1. The first kappa shape index (κ1) is 12.4. The quantitative estimate of drug-likeness (QED) is 0.574. The van der Waals surface area contributed by atoms with Gasteiger partial charge in [-0.05, 0) is 23.1 Å². The topological polar surface area (TPSA) is 21.6 Å². The summed E-state index contributed by atoms with van der Waals surface area (Å²) in [5.74, 6) is 0. The van der Waals surface area contributed by atoms with Gasteiger partial charge in [-0.3, -0.25) is 0 Å². The van der Waals surface area contributed by atoms with Crippen LogP contribution in [0.3, 0.4) is 0 Å². The number of benzene rings is 2. The summed E-state index contributed by atoms with van der Waals surface area (Å²) in [5.41, 5.74) is 3.50. The molecule has 0 bridgehead atoms. The number of oxime groups is 1. The van der Waals surface area contributed by atoms with Crippen LogP contribution in [0.4, 0.5) is 0 Å². The van der Waals surface area contributed by atoms with E-state index in [1.54, 1.807) is 6.21 Å². The molecule has 18 heavy (non-hydrogen) atoms. The van der Waals surface area contributed by atoms with Crippen molar-refractivity contribution < 1.29 is 4.84 Å². The predicted molar refractivity (Wildman–Crippen MR) is 74.6 cm³/mol. The highest BCUT2D eigenvalue weighted by Crippen LogP contribution is 2.04. The molecule has 92 valence electrons. The molecule has 2 rings (SSSR count). The molecule has 0 spiro atoms. The molecule has 0 unspecified atom stereocenters. The summed E-state index contributed by atoms with van der Waals surface area (Å²) in [6.07, 6.45) is 2.79. The molecule has 0 aliphatic heterocycles. The lowest BCUT2D eigenvalue weighted by Crippen LogP contribution is -1.89. The van der Waals surface area contributed by atoms with Crippen molar-refractivity contribution in [3.63, 3.8) is 0 Å². The zero-order valence-corrected chi connectivity index (χ0v) is 10.5. The average molecular weight is 239 g/mol. The lowest BCUT2D eigenvalue weighted by atomic mass is 10.1. The Morgan fingerprint density at radius 1 is 1.00 bits per heavy atom. The summed E-state index contributed by atoms with van der Waals surface area (Å²) >= 11 is 0. The Hall–Kier alpha value is -2.09. The second kappa shape index (κ2) is 6.60. The molecule has 0 fully saturated rings. The molecule has 2 heteroatoms. The zero-order valence-electron chi connectivity index (χ0n) is 10.5. The molecule has 0 aliphatic rings. The van der Waals surface area contributed by atoms with Crippen molar-refractivity contribution in [1.82, 2.24) is 0 Å². The van der Waals surface area contributed by atoms with Crippen LogP contribution < -0.4 is 0 Å². The molecule has 0 N–H and O–H groups in total. The number of aryl methyl sites for hydroxylation is 1. The van der Waals surface area contributed by atoms with E-state index in [1.807, 2.05) is 42.5 Å². The van der Waals surface area contributed by atoms with Gasteiger partial charge in [-0.1, -0.05) is 66.7 Å². The van der Waals surface area contributed by atoms with Crippen LogP contribution in [0.2, 0.25) is 0 Å². The van der Waals surface area contributed by atoms with Gasteiger partial charge in [-0.2, -0.15) is 0 Å². The van der Waals surface area contributed by atoms with E-state index in [-0.39, 0.29) is 0 Å². The van der Waals surface area contributed by atoms with Crippen molar-refractivity contribution in [3.8, 4) is 0 Å². The van der Waals surface area contributed by atoms with Gasteiger partial charge in [0.1, 0.15) is 6.61 Å². The molecule has 0 atom stereocenters. The fourth-order valence-corrected chi connectivity index (χ4v) is 1.68. The van der Waals surface area contributed by atoms with Gasteiger partial charge in [-0.25, -0.2) is 0 Å². The lowest BCUT2D eigenvalue weighted by molar-refractivity contribution is 0.132. The van der Waals surface area contributed by atoms with Crippen LogP contribution in [0.5, 0.6) is 0 Å². The van der Waals surface area contributed by atoms with Crippen molar-refractivity contribution >= 4 is 6.21 Å². The highest BCUT2D eigenvalue weighted by atomic mass is 16.6. The Balaban J connectivity index is 1.87. The van der Waals surface area contributed by atoms with Gasteiger partial charge in [0.15, 0.2) is 0 Å². The second-order valence-electron chi connectivity index (χ2n) is 4.09. The van der Waals surface area contributed by atoms with Crippen LogP contribution in [0.15, 0.2) is 59.8 Å². The molecule has 0 saturated heterocycles. The third-order valence-electron chi connectivity index (χ3n) is 2.71. The highest BCUT2D eigenvalue weighted by molar-refractivity contribution is 5.79. The molecule has 0 radical (unpaired) electrons. The Kier molecular flexibility index (Phi) is 4.53. The minimum Gasteiger partial charge on any atom is -0.391 e. The summed E-state index contributed by atoms with van der Waals surface area (Å²) in [4.78, 5) is 5.27. The Morgan fingerprint density at radius 3 is 2.56 bits per heavy atom. The first-order chi connectivity index (χ1) is 8.88. The summed E-state index contributed by atoms with van der Waals surface area (Å²) in [5, 5.41) is 3.99. The number of nitrogens with zero attached hydrogens (tertiary/aromatic N) is 1. The first-order valence-electron chi connectivity index (χ1n) is 6.16. The van der Waals surface area contributed by atoms with Crippen molar-refractivity contribution in [2.75, 3.05) is 0 Å². The average Bonchev–Trinajstić information content (AvgIpc) is 2.45. The molecule has 0 aliphatic carbocycles. The fourth-order valence-electron chi connectivity index (χ4n) is 1.68. The van der Waals surface area contributed by atoms with Crippen LogP contribution in [-0.2, 0) is 17.9 Å². The number of hydrogen-bond donors (Lipinski definition) is 0. The van der Waals surface area contributed by atoms with Crippen LogP contribution >= 0.6 is 0 Å². The van der Waals surface area contributed by atoms with E-state index < -0.39 is 0 Å². The van der Waals surface area contributed by atoms with Crippen LogP contribution in [-0.4, -0.2) is 6.21 Å². The van der Waals surface area contributed by atoms with Gasteiger partial charge < -0.3 is 4.84 Å². The van der Waals surface area contributed by atoms with Gasteiger partial charge in [-0.15, -0.1) is 0 Å². The third kappa shape index (κ3) is 3.74. The first-order valence-corrected chi connectivity index (χ1v) is 6.16. The zero-order chi connectivity index (χ0) is 12.6. The van der Waals surface area contributed by atoms with E-state index in [4.69, 9.17) is 4.84 Å². The smallest absolute Gasteiger partial charge is 0.142 e. The van der Waals surface area contributed by atoms with Crippen LogP contribution in [0.25, 0.3) is 0 Å². The Labute approximate surface area is 108 Å². The van der Waals surface area contributed by atoms with Crippen molar-refractivity contribution in [1.29, 1.82) is 0 Å². The van der Waals surface area contributed by atoms with E-state index in [2.05, 4.69) is 24.2 Å². The number of rotatable bonds is 5. The van der Waals surface area contributed by atoms with E-state index in [0.29, 0.717) is 6.61 Å². The molecule has 2 aromatic rings. The van der Waals surface area contributed by atoms with E-state index >= 15 is 0 Å². The Bertz CT molecular complexity index is 506. The van der Waals surface area contributed by atoms with Gasteiger partial charge in [0.2, 0.25) is 0 Å². The van der Waals surface area contributed by atoms with Crippen molar-refractivity contribution in [2.24, 2.45) is 5.16 Å². The maximum absolute atomic E-state index is 5.27. The van der Waals surface area contributed by atoms with E-state index in [0.717, 1.165) is 17.5 Å². The van der Waals surface area contributed by atoms with Crippen molar-refractivity contribution in [3.05, 3.63) is 71.3 Å². The standard InChI is InChI=1S/C16H17NO/c1-2-14-9-6-10-16(11-14)12-17-18-13-15-7-4-3-5-8-15/h3-12H,2,13H2,1H3. The second-order valence-corrected chi connectivity index (χ2v) is 4.09. The molecule has 0 aromatic heterocycles. The summed E-state index contributed by atoms with van der Waals surface area (Å²) < 4.78 is 0. The highest BCUT2D eigenvalue weighted by Gasteiger charge is 1.92. The molecular weight excluding hydrogens is 222 g/mol. The maximum Gasteiger partial charge on any atom is 0.142 e. The van der Waals surface area contributed by atoms with E-state index in [1.165, 1.54) is 5.56 Å². The summed E-state index contributed by atoms with van der Waals surface area (Å²) in [6, 6.07) is 18.3. The van der Waals surface area contributed by atoms with Gasteiger partial charge in [0.05, 0.1) is 6.21 Å². The Morgan fingerprint density at radius 2 is 1.78 bits per heavy atom. The largest absolute Gasteiger partial charge is 0.391 e. The van der Waals surface area contributed by atoms with E-state index in [9.17, 15) is 0 Å². The molecule has 0 saturated carbocycles. The third-order valence-corrected chi connectivity index (χ3v) is 2.71. The summed E-state index contributed by atoms with van der Waals surface area (Å²) in [7, 11) is 0. The predicted octanol–water partition coefficient (Wildman–Crippen LogP) is 3.80. The maximum atomic E-state index is 5.27. The van der Waals surface area contributed by atoms with Gasteiger partial charge >= 0.3 is 0 Å². The minimum atomic E-state index is 0.505. The van der Waals surface area contributed by atoms with Crippen LogP contribution in [0, 0.1) is 0 Å². The van der Waals surface area contributed by atoms with Crippen molar-refractivity contribution in [2.45, 2.75) is 20.0 Å². The molecular formula is C16H17NO. The molecule has 2 aromatic carbocycles. The van der Waals surface area contributed by atoms with Crippen LogP contribution in [0.1, 0.15) is 23.6 Å². The fraction of sp³-hybridized carbons (Fsp3) is 0.188. The number of hydrogen-bond acceptors (Lipinski definition) is 2. The molecule has 0 heterocycles. The lowest BCUT2D eigenvalue weighted by Gasteiger charge is -2.00. The van der Waals surface area contributed by atoms with Gasteiger partial charge in [0.25, 0.3) is 0 Å². The molecule has 0 amide bonds. The monoisotopic (exact) mass is 239 g/mol. The van der Waals surface area contributed by atoms with Gasteiger partial charge in [0, 0.05) is 0 Å². The minimum absolute atomic E-state index is 0.505. The summed E-state index contributed by atoms with van der Waals surface area (Å²) in [6.45, 7) is 2.65. The normalized spacial score (nSPS) is 10.7. The molecule has 2 nitrogen and oxygen atoms in total.